The van der Waals surface area contributed by atoms with Crippen LogP contribution >= 0.6 is 0 Å². The third-order valence-corrected chi connectivity index (χ3v) is 3.31. The molecule has 4 N–H and O–H groups in total. The first-order valence-corrected chi connectivity index (χ1v) is 5.77. The Hall–Kier alpha value is -1.79. The Bertz CT molecular complexity index is 636. The molecule has 0 aliphatic carbocycles. The number of ether oxygens (including phenoxy) is 1. The van der Waals surface area contributed by atoms with E-state index in [2.05, 4.69) is 9.72 Å². The first-order valence-electron chi connectivity index (χ1n) is 5.77. The summed E-state index contributed by atoms with van der Waals surface area (Å²) in [6.07, 6.45) is -13.0. The van der Waals surface area contributed by atoms with Crippen LogP contribution in [0.1, 0.15) is 6.23 Å². The first kappa shape index (κ1) is 16.6. The van der Waals surface area contributed by atoms with Crippen molar-refractivity contribution in [2.45, 2.75) is 30.3 Å². The highest BCUT2D eigenvalue weighted by atomic mass is 19.4. The lowest BCUT2D eigenvalue weighted by Crippen LogP contribution is -2.56. The van der Waals surface area contributed by atoms with Gasteiger partial charge in [-0.3, -0.25) is 4.57 Å². The van der Waals surface area contributed by atoms with Crippen LogP contribution in [0.5, 0.6) is 0 Å². The minimum absolute atomic E-state index is 0.0860. The number of hydrogen-bond donors (Lipinski definition) is 3. The van der Waals surface area contributed by atoms with Gasteiger partial charge in [-0.1, -0.05) is 0 Å². The molecule has 2 rings (SSSR count). The summed E-state index contributed by atoms with van der Waals surface area (Å²) in [6, 6.07) is 0. The smallest absolute Gasteiger partial charge is 0.393 e. The fraction of sp³-hybridized carbons (Fsp3) is 0.600. The van der Waals surface area contributed by atoms with Crippen molar-refractivity contribution in [3.05, 3.63) is 22.5 Å². The van der Waals surface area contributed by atoms with Crippen molar-refractivity contribution in [3.8, 4) is 0 Å². The van der Waals surface area contributed by atoms with E-state index in [1.165, 1.54) is 0 Å². The third-order valence-electron chi connectivity index (χ3n) is 3.31. The molecule has 1 aliphatic rings. The highest BCUT2D eigenvalue weighted by Crippen LogP contribution is 2.47. The molecule has 4 atom stereocenters. The summed E-state index contributed by atoms with van der Waals surface area (Å²) in [5, 5.41) is 18.4. The molecular weight excluding hydrogens is 321 g/mol. The average molecular weight is 331 g/mol. The van der Waals surface area contributed by atoms with Crippen molar-refractivity contribution in [2.75, 3.05) is 12.3 Å². The van der Waals surface area contributed by atoms with Gasteiger partial charge in [-0.2, -0.15) is 18.2 Å². The quantitative estimate of drug-likeness (QED) is 0.629. The van der Waals surface area contributed by atoms with Gasteiger partial charge in [0.15, 0.2) is 24.0 Å². The standard InChI is InChI=1S/C10H10F5N3O4/c11-3-1-18(8(21)17-6(3)16)7-4(12)5(20)9(2-19,22-7)10(13,14)15/h1,4-5,7,19-20H,2H2,(H2,16,17,21)/t4-,5-,7+,9+/m0/s1. The molecule has 0 radical (unpaired) electrons. The minimum atomic E-state index is -5.34. The lowest BCUT2D eigenvalue weighted by Gasteiger charge is -2.31. The molecule has 0 spiro atoms. The van der Waals surface area contributed by atoms with Crippen LogP contribution in [-0.2, 0) is 4.74 Å². The predicted molar refractivity (Wildman–Crippen MR) is 59.8 cm³/mol. The Morgan fingerprint density at radius 1 is 1.50 bits per heavy atom. The maximum absolute atomic E-state index is 14.0. The molecule has 0 amide bonds. The van der Waals surface area contributed by atoms with Gasteiger partial charge in [-0.15, -0.1) is 0 Å². The number of nitrogens with two attached hydrogens (primary N) is 1. The predicted octanol–water partition coefficient (Wildman–Crippen LogP) is -0.514. The van der Waals surface area contributed by atoms with Crippen molar-refractivity contribution in [2.24, 2.45) is 0 Å². The topological polar surface area (TPSA) is 111 Å². The fourth-order valence-corrected chi connectivity index (χ4v) is 2.07. The number of alkyl halides is 4. The third kappa shape index (κ3) is 2.23. The largest absolute Gasteiger partial charge is 0.422 e. The van der Waals surface area contributed by atoms with E-state index in [9.17, 15) is 31.9 Å². The van der Waals surface area contributed by atoms with E-state index in [0.29, 0.717) is 6.20 Å². The van der Waals surface area contributed by atoms with Crippen LogP contribution in [0.2, 0.25) is 0 Å². The summed E-state index contributed by atoms with van der Waals surface area (Å²) in [5.74, 6) is -2.13. The van der Waals surface area contributed by atoms with E-state index < -0.39 is 54.2 Å². The van der Waals surface area contributed by atoms with Gasteiger partial charge >= 0.3 is 11.9 Å². The summed E-state index contributed by atoms with van der Waals surface area (Å²) >= 11 is 0. The minimum Gasteiger partial charge on any atom is -0.393 e. The molecule has 1 fully saturated rings. The lowest BCUT2D eigenvalue weighted by atomic mass is 9.96. The van der Waals surface area contributed by atoms with Crippen LogP contribution in [0, 0.1) is 5.82 Å². The fourth-order valence-electron chi connectivity index (χ4n) is 2.07. The van der Waals surface area contributed by atoms with Crippen LogP contribution in [0.4, 0.5) is 27.8 Å². The monoisotopic (exact) mass is 331 g/mol. The van der Waals surface area contributed by atoms with Gasteiger partial charge in [-0.05, 0) is 0 Å². The van der Waals surface area contributed by atoms with E-state index in [1.54, 1.807) is 0 Å². The number of anilines is 1. The molecule has 124 valence electrons. The van der Waals surface area contributed by atoms with Crippen molar-refractivity contribution in [1.29, 1.82) is 0 Å². The van der Waals surface area contributed by atoms with Crippen molar-refractivity contribution in [1.82, 2.24) is 9.55 Å². The number of aromatic nitrogens is 2. The second-order valence-electron chi connectivity index (χ2n) is 4.61. The van der Waals surface area contributed by atoms with E-state index >= 15 is 0 Å². The van der Waals surface area contributed by atoms with Gasteiger partial charge < -0.3 is 20.7 Å². The van der Waals surface area contributed by atoms with Gasteiger partial charge in [-0.25, -0.2) is 13.6 Å². The van der Waals surface area contributed by atoms with E-state index in [-0.39, 0.29) is 4.57 Å². The summed E-state index contributed by atoms with van der Waals surface area (Å²) in [4.78, 5) is 14.5. The summed E-state index contributed by atoms with van der Waals surface area (Å²) in [6.45, 7) is -1.80. The van der Waals surface area contributed by atoms with Gasteiger partial charge in [0.05, 0.1) is 12.8 Å². The SMILES string of the molecule is Nc1nc(=O)n([C@@H]2O[C@@](CO)(C(F)(F)F)[C@@H](O)[C@@H]2F)cc1F. The van der Waals surface area contributed by atoms with Gasteiger partial charge in [0.2, 0.25) is 5.60 Å². The lowest BCUT2D eigenvalue weighted by molar-refractivity contribution is -0.306. The number of nitrogen functional groups attached to an aromatic ring is 1. The number of hydrogen-bond acceptors (Lipinski definition) is 6. The molecule has 22 heavy (non-hydrogen) atoms. The summed E-state index contributed by atoms with van der Waals surface area (Å²) < 4.78 is 70.6. The second-order valence-corrected chi connectivity index (χ2v) is 4.61. The first-order chi connectivity index (χ1) is 10.0. The Balaban J connectivity index is 2.52. The number of rotatable bonds is 2. The Labute approximate surface area is 118 Å². The molecule has 2 heterocycles. The van der Waals surface area contributed by atoms with Crippen LogP contribution in [0.25, 0.3) is 0 Å². The number of halogens is 5. The van der Waals surface area contributed by atoms with Crippen molar-refractivity contribution in [3.63, 3.8) is 0 Å². The molecule has 0 bridgehead atoms. The Morgan fingerprint density at radius 2 is 2.09 bits per heavy atom. The number of aliphatic hydroxyl groups excluding tert-OH is 2. The maximum atomic E-state index is 14.0. The van der Waals surface area contributed by atoms with E-state index in [1.807, 2.05) is 0 Å². The molecule has 0 unspecified atom stereocenters. The Kier molecular flexibility index (Phi) is 3.87. The zero-order valence-electron chi connectivity index (χ0n) is 10.6. The molecule has 7 nitrogen and oxygen atoms in total. The molecule has 1 saturated heterocycles. The van der Waals surface area contributed by atoms with Crippen molar-refractivity contribution < 1.29 is 36.9 Å². The van der Waals surface area contributed by atoms with Gasteiger partial charge in [0, 0.05) is 0 Å². The van der Waals surface area contributed by atoms with Crippen molar-refractivity contribution >= 4 is 5.82 Å². The highest BCUT2D eigenvalue weighted by Gasteiger charge is 2.69. The molecule has 1 aromatic heterocycles. The summed E-state index contributed by atoms with van der Waals surface area (Å²) in [5.41, 5.74) is -0.0289. The maximum Gasteiger partial charge on any atom is 0.422 e. The Morgan fingerprint density at radius 3 is 2.55 bits per heavy atom. The zero-order valence-corrected chi connectivity index (χ0v) is 10.6. The second kappa shape index (κ2) is 5.14. The van der Waals surface area contributed by atoms with Crippen LogP contribution < -0.4 is 11.4 Å². The molecule has 1 aliphatic heterocycles. The van der Waals surface area contributed by atoms with Crippen LogP contribution in [0.15, 0.2) is 11.0 Å². The highest BCUT2D eigenvalue weighted by molar-refractivity contribution is 5.26. The zero-order chi connectivity index (χ0) is 16.9. The average Bonchev–Trinajstić information content (AvgIpc) is 2.67. The summed E-state index contributed by atoms with van der Waals surface area (Å²) in [7, 11) is 0. The van der Waals surface area contributed by atoms with E-state index in [4.69, 9.17) is 10.8 Å². The van der Waals surface area contributed by atoms with Crippen LogP contribution in [-0.4, -0.2) is 50.4 Å². The van der Waals surface area contributed by atoms with Gasteiger partial charge in [0.25, 0.3) is 0 Å². The normalized spacial score (nSPS) is 32.4. The van der Waals surface area contributed by atoms with E-state index in [0.717, 1.165) is 0 Å². The molecular formula is C10H10F5N3O4. The molecule has 0 aromatic carbocycles. The molecule has 12 heteroatoms. The van der Waals surface area contributed by atoms with Gasteiger partial charge in [0.1, 0.15) is 6.10 Å². The molecule has 1 aromatic rings. The number of nitrogens with zero attached hydrogens (tertiary/aromatic N) is 2. The van der Waals surface area contributed by atoms with Crippen LogP contribution in [0.3, 0.4) is 0 Å². The molecule has 0 saturated carbocycles. The number of aliphatic hydroxyl groups is 2.